The fraction of sp³-hybridized carbons (Fsp3) is 0.600. The van der Waals surface area contributed by atoms with Gasteiger partial charge >= 0.3 is 0 Å². The van der Waals surface area contributed by atoms with Crippen molar-refractivity contribution < 1.29 is 0 Å². The summed E-state index contributed by atoms with van der Waals surface area (Å²) in [4.78, 5) is 0. The normalized spacial score (nSPS) is 34.0. The minimum absolute atomic E-state index is 0.565. The molecule has 0 aromatic heterocycles. The van der Waals surface area contributed by atoms with Crippen LogP contribution in [0.25, 0.3) is 0 Å². The molecule has 3 nitrogen and oxygen atoms in total. The van der Waals surface area contributed by atoms with E-state index in [9.17, 15) is 0 Å². The predicted octanol–water partition coefficient (Wildman–Crippen LogP) is -1.05. The minimum Gasteiger partial charge on any atom is -0.389 e. The third kappa shape index (κ3) is 0.454. The van der Waals surface area contributed by atoms with Gasteiger partial charge in [0.05, 0.1) is 6.04 Å². The molecular weight excluding hydrogens is 102 g/mol. The molecule has 2 heterocycles. The van der Waals surface area contributed by atoms with Crippen LogP contribution in [0.2, 0.25) is 0 Å². The molecule has 2 aliphatic heterocycles. The Bertz CT molecular complexity index is 130. The second-order valence-corrected chi connectivity index (χ2v) is 2.18. The molecule has 1 unspecified atom stereocenters. The molecule has 0 amide bonds. The Morgan fingerprint density at radius 2 is 2.62 bits per heavy atom. The zero-order valence-electron chi connectivity index (χ0n) is 4.57. The van der Waals surface area contributed by atoms with Crippen molar-refractivity contribution in [3.8, 4) is 0 Å². The number of fused-ring (bicyclic) bond motifs is 1. The topological polar surface area (TPSA) is 36.1 Å². The summed E-state index contributed by atoms with van der Waals surface area (Å²) < 4.78 is 0. The van der Waals surface area contributed by atoms with Crippen molar-refractivity contribution in [2.24, 2.45) is 0 Å². The summed E-state index contributed by atoms with van der Waals surface area (Å²) in [5, 5.41) is 3.16. The minimum atomic E-state index is 0.565. The van der Waals surface area contributed by atoms with E-state index in [4.69, 9.17) is 0 Å². The van der Waals surface area contributed by atoms with Crippen LogP contribution in [0.4, 0.5) is 0 Å². The average Bonchev–Trinajstić information content (AvgIpc) is 2.15. The van der Waals surface area contributed by atoms with Crippen LogP contribution in [0.3, 0.4) is 0 Å². The summed E-state index contributed by atoms with van der Waals surface area (Å²) >= 11 is 0. The Labute approximate surface area is 48.1 Å². The number of nitrogens with one attached hydrogen (secondary N) is 3. The van der Waals surface area contributed by atoms with Crippen LogP contribution in [0.15, 0.2) is 11.8 Å². The van der Waals surface area contributed by atoms with Crippen LogP contribution in [0.5, 0.6) is 0 Å². The summed E-state index contributed by atoms with van der Waals surface area (Å²) in [5.41, 5.74) is 7.65. The van der Waals surface area contributed by atoms with Crippen LogP contribution >= 0.6 is 0 Å². The van der Waals surface area contributed by atoms with Gasteiger partial charge in [0.2, 0.25) is 0 Å². The number of rotatable bonds is 0. The monoisotopic (exact) mass is 111 g/mol. The summed E-state index contributed by atoms with van der Waals surface area (Å²) in [6.07, 6.45) is 2.08. The summed E-state index contributed by atoms with van der Waals surface area (Å²) in [6.45, 7) is 2.04. The first-order valence-corrected chi connectivity index (χ1v) is 2.87. The standard InChI is InChI=1S/C5H9N3/c1-4-2-7-8-5(4)3-6-1/h1,5-8H,2-3H2. The van der Waals surface area contributed by atoms with Gasteiger partial charge in [0.15, 0.2) is 0 Å². The maximum absolute atomic E-state index is 3.16. The molecule has 3 heteroatoms. The summed E-state index contributed by atoms with van der Waals surface area (Å²) in [6, 6.07) is 0.565. The van der Waals surface area contributed by atoms with Crippen LogP contribution in [0, 0.1) is 0 Å². The molecule has 0 saturated carbocycles. The molecular formula is C5H9N3. The summed E-state index contributed by atoms with van der Waals surface area (Å²) in [7, 11) is 0. The fourth-order valence-electron chi connectivity index (χ4n) is 1.13. The van der Waals surface area contributed by atoms with Crippen LogP contribution in [0.1, 0.15) is 0 Å². The van der Waals surface area contributed by atoms with Gasteiger partial charge in [0.1, 0.15) is 0 Å². The lowest BCUT2D eigenvalue weighted by Gasteiger charge is -2.00. The van der Waals surface area contributed by atoms with Gasteiger partial charge in [-0.05, 0) is 11.8 Å². The third-order valence-electron chi connectivity index (χ3n) is 1.63. The molecule has 0 aliphatic carbocycles. The number of hydrogen-bond donors (Lipinski definition) is 3. The van der Waals surface area contributed by atoms with Crippen molar-refractivity contribution in [2.75, 3.05) is 13.1 Å². The Kier molecular flexibility index (Phi) is 0.797. The quantitative estimate of drug-likeness (QED) is 0.373. The van der Waals surface area contributed by atoms with E-state index >= 15 is 0 Å². The smallest absolute Gasteiger partial charge is 0.0624 e. The van der Waals surface area contributed by atoms with Crippen molar-refractivity contribution in [1.82, 2.24) is 16.2 Å². The Morgan fingerprint density at radius 1 is 1.62 bits per heavy atom. The first-order chi connectivity index (χ1) is 3.97. The van der Waals surface area contributed by atoms with E-state index < -0.39 is 0 Å². The molecule has 0 aromatic carbocycles. The lowest BCUT2D eigenvalue weighted by Crippen LogP contribution is -2.34. The molecule has 1 fully saturated rings. The highest BCUT2D eigenvalue weighted by Gasteiger charge is 2.22. The van der Waals surface area contributed by atoms with Gasteiger partial charge in [-0.3, -0.25) is 5.43 Å². The van der Waals surface area contributed by atoms with E-state index in [1.165, 1.54) is 5.57 Å². The van der Waals surface area contributed by atoms with E-state index in [1.807, 2.05) is 0 Å². The lowest BCUT2D eigenvalue weighted by atomic mass is 10.2. The third-order valence-corrected chi connectivity index (χ3v) is 1.63. The number of hydrogen-bond acceptors (Lipinski definition) is 3. The van der Waals surface area contributed by atoms with Crippen LogP contribution < -0.4 is 16.2 Å². The Hall–Kier alpha value is -0.540. The molecule has 0 spiro atoms. The van der Waals surface area contributed by atoms with E-state index in [-0.39, 0.29) is 0 Å². The van der Waals surface area contributed by atoms with E-state index in [1.54, 1.807) is 0 Å². The largest absolute Gasteiger partial charge is 0.389 e. The predicted molar refractivity (Wildman–Crippen MR) is 31.0 cm³/mol. The van der Waals surface area contributed by atoms with Gasteiger partial charge in [0, 0.05) is 13.1 Å². The van der Waals surface area contributed by atoms with Crippen molar-refractivity contribution in [2.45, 2.75) is 6.04 Å². The van der Waals surface area contributed by atoms with Gasteiger partial charge in [-0.2, -0.15) is 0 Å². The highest BCUT2D eigenvalue weighted by molar-refractivity contribution is 5.20. The maximum atomic E-state index is 3.16. The molecule has 0 bridgehead atoms. The zero-order chi connectivity index (χ0) is 5.40. The molecule has 0 aromatic rings. The van der Waals surface area contributed by atoms with Crippen molar-refractivity contribution in [3.05, 3.63) is 11.8 Å². The molecule has 1 saturated heterocycles. The average molecular weight is 111 g/mol. The first-order valence-electron chi connectivity index (χ1n) is 2.87. The van der Waals surface area contributed by atoms with E-state index in [0.29, 0.717) is 6.04 Å². The zero-order valence-corrected chi connectivity index (χ0v) is 4.57. The molecule has 44 valence electrons. The lowest BCUT2D eigenvalue weighted by molar-refractivity contribution is 0.575. The second kappa shape index (κ2) is 1.47. The Balaban J connectivity index is 2.20. The van der Waals surface area contributed by atoms with Crippen molar-refractivity contribution in [1.29, 1.82) is 0 Å². The van der Waals surface area contributed by atoms with Gasteiger partial charge < -0.3 is 5.32 Å². The first kappa shape index (κ1) is 4.35. The SMILES string of the molecule is C1=C2CNNC2CN1. The van der Waals surface area contributed by atoms with Crippen molar-refractivity contribution >= 4 is 0 Å². The summed E-state index contributed by atoms with van der Waals surface area (Å²) in [5.74, 6) is 0. The Morgan fingerprint density at radius 3 is 3.50 bits per heavy atom. The molecule has 0 radical (unpaired) electrons. The number of hydrazine groups is 1. The maximum Gasteiger partial charge on any atom is 0.0624 e. The van der Waals surface area contributed by atoms with Gasteiger partial charge in [-0.25, -0.2) is 5.43 Å². The molecule has 8 heavy (non-hydrogen) atoms. The van der Waals surface area contributed by atoms with Gasteiger partial charge in [-0.1, -0.05) is 0 Å². The molecule has 2 aliphatic rings. The van der Waals surface area contributed by atoms with Crippen LogP contribution in [-0.4, -0.2) is 19.1 Å². The van der Waals surface area contributed by atoms with E-state index in [2.05, 4.69) is 22.4 Å². The molecule has 3 N–H and O–H groups in total. The van der Waals surface area contributed by atoms with Gasteiger partial charge in [0.25, 0.3) is 0 Å². The highest BCUT2D eigenvalue weighted by atomic mass is 15.4. The van der Waals surface area contributed by atoms with Gasteiger partial charge in [-0.15, -0.1) is 0 Å². The highest BCUT2D eigenvalue weighted by Crippen LogP contribution is 2.08. The fourth-order valence-corrected chi connectivity index (χ4v) is 1.13. The molecule has 1 atom stereocenters. The molecule has 2 rings (SSSR count). The van der Waals surface area contributed by atoms with E-state index in [0.717, 1.165) is 13.1 Å². The van der Waals surface area contributed by atoms with Crippen LogP contribution in [-0.2, 0) is 0 Å². The second-order valence-electron chi connectivity index (χ2n) is 2.18. The van der Waals surface area contributed by atoms with Crippen molar-refractivity contribution in [3.63, 3.8) is 0 Å².